The maximum atomic E-state index is 10.5. The molecule has 4 heteroatoms. The lowest BCUT2D eigenvalue weighted by molar-refractivity contribution is 0.0683. The van der Waals surface area contributed by atoms with E-state index < -0.39 is 5.97 Å². The third kappa shape index (κ3) is 1.07. The first-order chi connectivity index (χ1) is 5.04. The molecule has 1 heterocycles. The van der Waals surface area contributed by atoms with E-state index in [4.69, 9.17) is 10.2 Å². The number of hydrogen-bond donors (Lipinski definition) is 2. The predicted octanol–water partition coefficient (Wildman–Crippen LogP) is 0.737. The first-order valence-electron chi connectivity index (χ1n) is 3.12. The van der Waals surface area contributed by atoms with Crippen molar-refractivity contribution in [2.45, 2.75) is 6.92 Å². The highest BCUT2D eigenvalue weighted by Crippen LogP contribution is 2.20. The fourth-order valence-corrected chi connectivity index (χ4v) is 0.964. The van der Waals surface area contributed by atoms with E-state index in [-0.39, 0.29) is 11.4 Å². The molecule has 60 valence electrons. The zero-order valence-electron chi connectivity index (χ0n) is 6.33. The third-order valence-corrected chi connectivity index (χ3v) is 1.66. The number of carboxylic acid groups (broad SMARTS) is 1. The summed E-state index contributed by atoms with van der Waals surface area (Å²) in [7, 11) is 1.60. The highest BCUT2D eigenvalue weighted by Gasteiger charge is 2.15. The van der Waals surface area contributed by atoms with Gasteiger partial charge in [0.25, 0.3) is 0 Å². The Morgan fingerprint density at radius 1 is 1.64 bits per heavy atom. The minimum atomic E-state index is -1.11. The zero-order valence-corrected chi connectivity index (χ0v) is 6.33. The predicted molar refractivity (Wildman–Crippen MR) is 38.8 cm³/mol. The van der Waals surface area contributed by atoms with Crippen LogP contribution in [0.3, 0.4) is 0 Å². The van der Waals surface area contributed by atoms with E-state index in [1.165, 1.54) is 10.6 Å². The Morgan fingerprint density at radius 3 is 2.36 bits per heavy atom. The summed E-state index contributed by atoms with van der Waals surface area (Å²) in [5.74, 6) is -1.30. The van der Waals surface area contributed by atoms with Gasteiger partial charge in [0.05, 0.1) is 0 Å². The molecule has 0 saturated carbocycles. The molecule has 0 spiro atoms. The first-order valence-corrected chi connectivity index (χ1v) is 3.12. The summed E-state index contributed by atoms with van der Waals surface area (Å²) >= 11 is 0. The molecule has 2 N–H and O–H groups in total. The van der Waals surface area contributed by atoms with Crippen LogP contribution in [0.4, 0.5) is 0 Å². The Morgan fingerprint density at radius 2 is 2.18 bits per heavy atom. The van der Waals surface area contributed by atoms with Crippen LogP contribution in [-0.2, 0) is 7.05 Å². The Labute approximate surface area is 63.7 Å². The number of aromatic hydroxyl groups is 1. The second-order valence-corrected chi connectivity index (χ2v) is 2.38. The first kappa shape index (κ1) is 7.65. The topological polar surface area (TPSA) is 62.5 Å². The average molecular weight is 155 g/mol. The van der Waals surface area contributed by atoms with Gasteiger partial charge in [-0.1, -0.05) is 0 Å². The standard InChI is InChI=1S/C7H9NO3/c1-4-3-5(9)6(7(10)11)8(4)2/h3,9H,1-2H3,(H,10,11). The van der Waals surface area contributed by atoms with Crippen molar-refractivity contribution in [3.05, 3.63) is 17.5 Å². The summed E-state index contributed by atoms with van der Waals surface area (Å²) in [5.41, 5.74) is 0.655. The van der Waals surface area contributed by atoms with Crippen molar-refractivity contribution < 1.29 is 15.0 Å². The van der Waals surface area contributed by atoms with Crippen LogP contribution in [0.2, 0.25) is 0 Å². The van der Waals surface area contributed by atoms with Gasteiger partial charge in [0, 0.05) is 18.8 Å². The Kier molecular flexibility index (Phi) is 1.60. The van der Waals surface area contributed by atoms with Gasteiger partial charge >= 0.3 is 5.97 Å². The lowest BCUT2D eigenvalue weighted by atomic mass is 10.4. The molecule has 0 unspecified atom stereocenters. The number of rotatable bonds is 1. The van der Waals surface area contributed by atoms with E-state index >= 15 is 0 Å². The van der Waals surface area contributed by atoms with Crippen LogP contribution in [0.15, 0.2) is 6.07 Å². The van der Waals surface area contributed by atoms with E-state index in [0.717, 1.165) is 5.69 Å². The summed E-state index contributed by atoms with van der Waals surface area (Å²) in [4.78, 5) is 10.5. The van der Waals surface area contributed by atoms with Crippen molar-refractivity contribution in [1.29, 1.82) is 0 Å². The van der Waals surface area contributed by atoms with Gasteiger partial charge in [-0.05, 0) is 6.92 Å². The molecule has 4 nitrogen and oxygen atoms in total. The molecule has 0 aromatic carbocycles. The maximum absolute atomic E-state index is 10.5. The molecule has 0 amide bonds. The molecule has 11 heavy (non-hydrogen) atoms. The van der Waals surface area contributed by atoms with E-state index in [1.54, 1.807) is 14.0 Å². The molecular weight excluding hydrogens is 146 g/mol. The van der Waals surface area contributed by atoms with Gasteiger partial charge in [-0.25, -0.2) is 4.79 Å². The smallest absolute Gasteiger partial charge is 0.356 e. The number of nitrogens with zero attached hydrogens (tertiary/aromatic N) is 1. The molecule has 1 aromatic heterocycles. The SMILES string of the molecule is Cc1cc(O)c(C(=O)O)n1C. The highest BCUT2D eigenvalue weighted by molar-refractivity contribution is 5.89. The monoisotopic (exact) mass is 155 g/mol. The van der Waals surface area contributed by atoms with Gasteiger partial charge in [0.2, 0.25) is 0 Å². The molecule has 0 aliphatic carbocycles. The maximum Gasteiger partial charge on any atom is 0.356 e. The van der Waals surface area contributed by atoms with Crippen molar-refractivity contribution >= 4 is 5.97 Å². The Hall–Kier alpha value is -1.45. The van der Waals surface area contributed by atoms with E-state index in [1.807, 2.05) is 0 Å². The Bertz CT molecular complexity index is 301. The van der Waals surface area contributed by atoms with Crippen molar-refractivity contribution in [3.8, 4) is 5.75 Å². The second-order valence-electron chi connectivity index (χ2n) is 2.38. The van der Waals surface area contributed by atoms with Gasteiger partial charge in [0.1, 0.15) is 5.75 Å². The molecule has 0 aliphatic rings. The summed E-state index contributed by atoms with van der Waals surface area (Å²) in [6.45, 7) is 1.73. The lowest BCUT2D eigenvalue weighted by Gasteiger charge is -1.98. The van der Waals surface area contributed by atoms with Crippen LogP contribution in [0, 0.1) is 6.92 Å². The third-order valence-electron chi connectivity index (χ3n) is 1.66. The number of aromatic carboxylic acids is 1. The highest BCUT2D eigenvalue weighted by atomic mass is 16.4. The number of carbonyl (C=O) groups is 1. The van der Waals surface area contributed by atoms with Crippen LogP contribution >= 0.6 is 0 Å². The van der Waals surface area contributed by atoms with E-state index in [9.17, 15) is 4.79 Å². The minimum Gasteiger partial charge on any atom is -0.505 e. The molecule has 0 radical (unpaired) electrons. The summed E-state index contributed by atoms with van der Waals surface area (Å²) in [6.07, 6.45) is 0. The van der Waals surface area contributed by atoms with Crippen LogP contribution in [-0.4, -0.2) is 20.7 Å². The van der Waals surface area contributed by atoms with Gasteiger partial charge < -0.3 is 14.8 Å². The van der Waals surface area contributed by atoms with Crippen molar-refractivity contribution in [2.75, 3.05) is 0 Å². The summed E-state index contributed by atoms with van der Waals surface area (Å²) in [6, 6.07) is 1.42. The van der Waals surface area contributed by atoms with Crippen molar-refractivity contribution in [2.24, 2.45) is 7.05 Å². The molecule has 0 saturated heterocycles. The van der Waals surface area contributed by atoms with Crippen LogP contribution < -0.4 is 0 Å². The van der Waals surface area contributed by atoms with Gasteiger partial charge in [0.15, 0.2) is 5.69 Å². The fraction of sp³-hybridized carbons (Fsp3) is 0.286. The molecule has 0 fully saturated rings. The number of aryl methyl sites for hydroxylation is 1. The normalized spacial score (nSPS) is 10.0. The minimum absolute atomic E-state index is 0.0671. The van der Waals surface area contributed by atoms with Crippen LogP contribution in [0.5, 0.6) is 5.75 Å². The van der Waals surface area contributed by atoms with Gasteiger partial charge in [-0.2, -0.15) is 0 Å². The Balaban J connectivity index is 3.34. The molecule has 1 aromatic rings. The second kappa shape index (κ2) is 2.30. The molecular formula is C7H9NO3. The van der Waals surface area contributed by atoms with Gasteiger partial charge in [-0.15, -0.1) is 0 Å². The van der Waals surface area contributed by atoms with Gasteiger partial charge in [-0.3, -0.25) is 0 Å². The number of aromatic nitrogens is 1. The average Bonchev–Trinajstić information content (AvgIpc) is 2.07. The number of hydrogen-bond acceptors (Lipinski definition) is 2. The largest absolute Gasteiger partial charge is 0.505 e. The van der Waals surface area contributed by atoms with Crippen molar-refractivity contribution in [3.63, 3.8) is 0 Å². The molecule has 1 rings (SSSR count). The van der Waals surface area contributed by atoms with Crippen LogP contribution in [0.25, 0.3) is 0 Å². The van der Waals surface area contributed by atoms with E-state index in [0.29, 0.717) is 0 Å². The quantitative estimate of drug-likeness (QED) is 0.628. The van der Waals surface area contributed by atoms with E-state index in [2.05, 4.69) is 0 Å². The zero-order chi connectivity index (χ0) is 8.59. The summed E-state index contributed by atoms with van der Waals surface area (Å²) < 4.78 is 1.43. The molecule has 0 aliphatic heterocycles. The lowest BCUT2D eigenvalue weighted by Crippen LogP contribution is -2.05. The molecule has 0 bridgehead atoms. The summed E-state index contributed by atoms with van der Waals surface area (Å²) in [5, 5.41) is 17.7. The number of carboxylic acids is 1. The fourth-order valence-electron chi connectivity index (χ4n) is 0.964. The molecule has 0 atom stereocenters. The van der Waals surface area contributed by atoms with Crippen molar-refractivity contribution in [1.82, 2.24) is 4.57 Å². The van der Waals surface area contributed by atoms with Crippen LogP contribution in [0.1, 0.15) is 16.2 Å².